The van der Waals surface area contributed by atoms with Crippen LogP contribution in [-0.4, -0.2) is 36.1 Å². The lowest BCUT2D eigenvalue weighted by atomic mass is 10.2. The van der Waals surface area contributed by atoms with E-state index < -0.39 is 0 Å². The van der Waals surface area contributed by atoms with E-state index in [-0.39, 0.29) is 17.8 Å². The maximum Gasteiger partial charge on any atom is 0.322 e. The third-order valence-electron chi connectivity index (χ3n) is 3.94. The Morgan fingerprint density at radius 2 is 1.93 bits per heavy atom. The molecule has 1 aromatic heterocycles. The van der Waals surface area contributed by atoms with E-state index in [4.69, 9.17) is 25.5 Å². The number of thioether (sulfide) groups is 1. The quantitative estimate of drug-likeness (QED) is 0.378. The second-order valence-electron chi connectivity index (χ2n) is 5.93. The van der Waals surface area contributed by atoms with Crippen molar-refractivity contribution in [3.05, 3.63) is 47.5 Å². The normalized spacial score (nSPS) is 10.6. The molecule has 1 N–H and O–H groups in total. The monoisotopic (exact) mass is 433 g/mol. The van der Waals surface area contributed by atoms with Gasteiger partial charge in [0.2, 0.25) is 5.91 Å². The average molecular weight is 434 g/mol. The number of carbonyl (C=O) groups is 1. The first kappa shape index (κ1) is 21.0. The summed E-state index contributed by atoms with van der Waals surface area (Å²) in [5.74, 6) is 2.05. The van der Waals surface area contributed by atoms with E-state index in [9.17, 15) is 4.79 Å². The molecular weight excluding hydrogens is 414 g/mol. The number of anilines is 1. The van der Waals surface area contributed by atoms with Crippen molar-refractivity contribution >= 4 is 35.3 Å². The molecule has 0 aliphatic heterocycles. The molecule has 0 fully saturated rings. The van der Waals surface area contributed by atoms with Gasteiger partial charge in [0, 0.05) is 16.3 Å². The highest BCUT2D eigenvalue weighted by molar-refractivity contribution is 7.99. The molecular formula is C20H20ClN3O4S. The standard InChI is InChI=1S/C20H20ClN3O4S/c1-26-14-7-10-17(27-2)16(12-14)19-23-24-20(28-19)22-18(25)4-3-11-29-15-8-5-13(21)6-9-15/h5-10,12H,3-4,11H2,1-2H3,(H,22,24,25). The van der Waals surface area contributed by atoms with Crippen LogP contribution < -0.4 is 14.8 Å². The number of amides is 1. The number of aromatic nitrogens is 2. The van der Waals surface area contributed by atoms with Gasteiger partial charge < -0.3 is 13.9 Å². The number of rotatable bonds is 9. The van der Waals surface area contributed by atoms with Gasteiger partial charge in [0.25, 0.3) is 5.89 Å². The highest BCUT2D eigenvalue weighted by Crippen LogP contribution is 2.33. The second kappa shape index (κ2) is 10.2. The summed E-state index contributed by atoms with van der Waals surface area (Å²) in [5, 5.41) is 11.2. The number of nitrogens with one attached hydrogen (secondary N) is 1. The summed E-state index contributed by atoms with van der Waals surface area (Å²) in [4.78, 5) is 13.2. The number of hydrogen-bond donors (Lipinski definition) is 1. The molecule has 0 spiro atoms. The highest BCUT2D eigenvalue weighted by atomic mass is 35.5. The molecule has 2 aromatic carbocycles. The molecule has 9 heteroatoms. The number of methoxy groups -OCH3 is 2. The van der Waals surface area contributed by atoms with Crippen LogP contribution in [0.4, 0.5) is 6.01 Å². The predicted octanol–water partition coefficient (Wildman–Crippen LogP) is 4.92. The zero-order valence-electron chi connectivity index (χ0n) is 16.0. The molecule has 3 rings (SSSR count). The lowest BCUT2D eigenvalue weighted by Crippen LogP contribution is -2.11. The minimum Gasteiger partial charge on any atom is -0.497 e. The molecule has 152 valence electrons. The Bertz CT molecular complexity index is 963. The Morgan fingerprint density at radius 1 is 1.14 bits per heavy atom. The van der Waals surface area contributed by atoms with Crippen LogP contribution in [0.25, 0.3) is 11.5 Å². The zero-order valence-corrected chi connectivity index (χ0v) is 17.5. The van der Waals surface area contributed by atoms with Crippen molar-refractivity contribution in [3.8, 4) is 23.0 Å². The van der Waals surface area contributed by atoms with Crippen LogP contribution in [0.3, 0.4) is 0 Å². The maximum absolute atomic E-state index is 12.1. The third kappa shape index (κ3) is 5.88. The van der Waals surface area contributed by atoms with Gasteiger partial charge >= 0.3 is 6.01 Å². The fourth-order valence-electron chi connectivity index (χ4n) is 2.50. The lowest BCUT2D eigenvalue weighted by Gasteiger charge is -2.07. The molecule has 0 saturated heterocycles. The van der Waals surface area contributed by atoms with E-state index in [1.807, 2.05) is 24.3 Å². The summed E-state index contributed by atoms with van der Waals surface area (Å²) >= 11 is 7.54. The van der Waals surface area contributed by atoms with Gasteiger partial charge in [-0.1, -0.05) is 16.7 Å². The van der Waals surface area contributed by atoms with E-state index in [0.717, 1.165) is 10.6 Å². The first-order valence-electron chi connectivity index (χ1n) is 8.83. The molecule has 0 aliphatic carbocycles. The molecule has 0 unspecified atom stereocenters. The Hall–Kier alpha value is -2.71. The first-order chi connectivity index (χ1) is 14.1. The van der Waals surface area contributed by atoms with E-state index >= 15 is 0 Å². The maximum atomic E-state index is 12.1. The summed E-state index contributed by atoms with van der Waals surface area (Å²) in [7, 11) is 3.11. The summed E-state index contributed by atoms with van der Waals surface area (Å²) in [6, 6.07) is 12.9. The van der Waals surface area contributed by atoms with Gasteiger partial charge in [0.1, 0.15) is 11.5 Å². The predicted molar refractivity (Wildman–Crippen MR) is 113 cm³/mol. The van der Waals surface area contributed by atoms with E-state index in [1.165, 1.54) is 0 Å². The van der Waals surface area contributed by atoms with Crippen molar-refractivity contribution < 1.29 is 18.7 Å². The van der Waals surface area contributed by atoms with Crippen LogP contribution in [0.1, 0.15) is 12.8 Å². The fraction of sp³-hybridized carbons (Fsp3) is 0.250. The molecule has 0 radical (unpaired) electrons. The number of nitrogens with zero attached hydrogens (tertiary/aromatic N) is 2. The molecule has 0 bridgehead atoms. The van der Waals surface area contributed by atoms with Crippen LogP contribution in [0.5, 0.6) is 11.5 Å². The topological polar surface area (TPSA) is 86.5 Å². The van der Waals surface area contributed by atoms with Crippen LogP contribution in [0, 0.1) is 0 Å². The van der Waals surface area contributed by atoms with Crippen LogP contribution in [0.2, 0.25) is 5.02 Å². The summed E-state index contributed by atoms with van der Waals surface area (Å²) in [5.41, 5.74) is 0.583. The largest absolute Gasteiger partial charge is 0.497 e. The van der Waals surface area contributed by atoms with Crippen molar-refractivity contribution in [3.63, 3.8) is 0 Å². The van der Waals surface area contributed by atoms with Gasteiger partial charge in [-0.2, -0.15) is 0 Å². The van der Waals surface area contributed by atoms with Gasteiger partial charge in [-0.15, -0.1) is 16.9 Å². The van der Waals surface area contributed by atoms with E-state index in [0.29, 0.717) is 34.9 Å². The molecule has 1 heterocycles. The minimum atomic E-state index is -0.186. The van der Waals surface area contributed by atoms with Crippen LogP contribution in [0.15, 0.2) is 51.8 Å². The summed E-state index contributed by atoms with van der Waals surface area (Å²) < 4.78 is 16.1. The molecule has 7 nitrogen and oxygen atoms in total. The molecule has 0 atom stereocenters. The summed E-state index contributed by atoms with van der Waals surface area (Å²) in [6.07, 6.45) is 1.06. The van der Waals surface area contributed by atoms with E-state index in [2.05, 4.69) is 15.5 Å². The number of hydrogen-bond acceptors (Lipinski definition) is 7. The lowest BCUT2D eigenvalue weighted by molar-refractivity contribution is -0.116. The Balaban J connectivity index is 1.52. The highest BCUT2D eigenvalue weighted by Gasteiger charge is 2.16. The van der Waals surface area contributed by atoms with Crippen LogP contribution >= 0.6 is 23.4 Å². The molecule has 29 heavy (non-hydrogen) atoms. The summed E-state index contributed by atoms with van der Waals surface area (Å²) in [6.45, 7) is 0. The Morgan fingerprint density at radius 3 is 2.66 bits per heavy atom. The van der Waals surface area contributed by atoms with Crippen molar-refractivity contribution in [2.24, 2.45) is 0 Å². The van der Waals surface area contributed by atoms with Crippen molar-refractivity contribution in [2.45, 2.75) is 17.7 Å². The van der Waals surface area contributed by atoms with Gasteiger partial charge in [-0.3, -0.25) is 10.1 Å². The van der Waals surface area contributed by atoms with Gasteiger partial charge in [0.15, 0.2) is 0 Å². The molecule has 0 saturated carbocycles. The number of ether oxygens (including phenoxy) is 2. The van der Waals surface area contributed by atoms with Gasteiger partial charge in [-0.25, -0.2) is 0 Å². The number of carbonyl (C=O) groups excluding carboxylic acids is 1. The Labute approximate surface area is 177 Å². The molecule has 3 aromatic rings. The second-order valence-corrected chi connectivity index (χ2v) is 7.54. The zero-order chi connectivity index (χ0) is 20.6. The Kier molecular flexibility index (Phi) is 7.37. The fourth-order valence-corrected chi connectivity index (χ4v) is 3.48. The average Bonchev–Trinajstić information content (AvgIpc) is 3.20. The van der Waals surface area contributed by atoms with E-state index in [1.54, 1.807) is 44.2 Å². The van der Waals surface area contributed by atoms with Gasteiger partial charge in [-0.05, 0) is 54.6 Å². The van der Waals surface area contributed by atoms with Gasteiger partial charge in [0.05, 0.1) is 19.8 Å². The van der Waals surface area contributed by atoms with Crippen molar-refractivity contribution in [1.82, 2.24) is 10.2 Å². The smallest absolute Gasteiger partial charge is 0.322 e. The van der Waals surface area contributed by atoms with Crippen molar-refractivity contribution in [2.75, 3.05) is 25.3 Å². The minimum absolute atomic E-state index is 0.0419. The molecule has 1 amide bonds. The molecule has 0 aliphatic rings. The SMILES string of the molecule is COc1ccc(OC)c(-c2nnc(NC(=O)CCCSc3ccc(Cl)cc3)o2)c1. The van der Waals surface area contributed by atoms with Crippen LogP contribution in [-0.2, 0) is 4.79 Å². The first-order valence-corrected chi connectivity index (χ1v) is 10.2. The number of benzene rings is 2. The van der Waals surface area contributed by atoms with Crippen molar-refractivity contribution in [1.29, 1.82) is 0 Å². The number of halogens is 1. The third-order valence-corrected chi connectivity index (χ3v) is 5.29.